The first kappa shape index (κ1) is 54.8. The highest BCUT2D eigenvalue weighted by atomic mass is 14.3. The molecule has 444 valence electrons. The van der Waals surface area contributed by atoms with E-state index in [0.29, 0.717) is 0 Å². The van der Waals surface area contributed by atoms with Gasteiger partial charge < -0.3 is 0 Å². The number of hydrogen-bond acceptors (Lipinski definition) is 0. The Morgan fingerprint density at radius 2 is 0.468 bits per heavy atom. The van der Waals surface area contributed by atoms with Crippen LogP contribution in [-0.4, -0.2) is 0 Å². The van der Waals surface area contributed by atoms with E-state index >= 15 is 0 Å². The van der Waals surface area contributed by atoms with Gasteiger partial charge in [-0.2, -0.15) is 0 Å². The smallest absolute Gasteiger partial charge is 0.00264 e. The topological polar surface area (TPSA) is 0 Å². The Labute approximate surface area is 548 Å². The standard InChI is InChI=1S/C36H32.C30H20.C28H16/c1-35(2,3)32-20-30-28-17-26-24-15-9-11-21-12-10-16-25(34(21)24)27(26)18-31(28)33(36(4,5)6)19-29(30)22-13-7-8-14-23(22)32;1-17-13-26-25(21-10-4-3-9-20(17)21)14-18(2)24-15-27-22-11-5-7-19-8-6-12-23(30(19)22)28(27)16-29(24)26;1-2-8-20-17(5-1)11-13-22-21(20)14-12-19-15-26-23-9-3-6-18-7-4-10-24(28(18)23)27(26)16-25(19)22/h7-20H,1-6H3;3-16H,1-2H3;1-16H. The molecule has 0 nitrogen and oxygen atoms in total. The zero-order valence-corrected chi connectivity index (χ0v) is 54.4. The molecule has 0 fully saturated rings. The van der Waals surface area contributed by atoms with Crippen LogP contribution in [0.25, 0.3) is 196 Å². The molecule has 0 atom stereocenters. The first-order valence-corrected chi connectivity index (χ1v) is 33.5. The Hall–Kier alpha value is -10.9. The van der Waals surface area contributed by atoms with Crippen molar-refractivity contribution >= 4 is 129 Å². The number of aryl methyl sites for hydroxylation is 2. The number of hydrogen-bond donors (Lipinski definition) is 0. The fourth-order valence-electron chi connectivity index (χ4n) is 17.3. The van der Waals surface area contributed by atoms with Crippen LogP contribution in [0.1, 0.15) is 63.8 Å². The van der Waals surface area contributed by atoms with Crippen molar-refractivity contribution in [2.45, 2.75) is 66.2 Å². The van der Waals surface area contributed by atoms with Crippen molar-refractivity contribution in [2.24, 2.45) is 0 Å². The van der Waals surface area contributed by atoms with E-state index in [4.69, 9.17) is 0 Å². The predicted octanol–water partition coefficient (Wildman–Crippen LogP) is 27.1. The molecule has 0 unspecified atom stereocenters. The summed E-state index contributed by atoms with van der Waals surface area (Å²) in [5, 5.41) is 32.5. The predicted molar refractivity (Wildman–Crippen MR) is 410 cm³/mol. The third-order valence-electron chi connectivity index (χ3n) is 21.6. The highest BCUT2D eigenvalue weighted by molar-refractivity contribution is 6.27. The van der Waals surface area contributed by atoms with E-state index in [1.165, 1.54) is 218 Å². The van der Waals surface area contributed by atoms with E-state index < -0.39 is 0 Å². The fraction of sp³-hybridized carbons (Fsp3) is 0.106. The molecule has 0 N–H and O–H groups in total. The van der Waals surface area contributed by atoms with Gasteiger partial charge in [0, 0.05) is 0 Å². The number of benzene rings is 18. The second-order valence-electron chi connectivity index (χ2n) is 29.1. The minimum Gasteiger partial charge on any atom is -0.0616 e. The monoisotopic (exact) mass is 1200 g/mol. The van der Waals surface area contributed by atoms with Crippen LogP contribution < -0.4 is 0 Å². The molecule has 0 saturated heterocycles. The summed E-state index contributed by atoms with van der Waals surface area (Å²) in [5.41, 5.74) is 22.0. The Balaban J connectivity index is 0.000000101. The van der Waals surface area contributed by atoms with E-state index in [2.05, 4.69) is 322 Å². The highest BCUT2D eigenvalue weighted by Gasteiger charge is 2.29. The van der Waals surface area contributed by atoms with Crippen molar-refractivity contribution in [3.63, 3.8) is 0 Å². The Morgan fingerprint density at radius 1 is 0.170 bits per heavy atom. The SMILES string of the molecule is CC(C)(C)c1cc2c3cc4c(cc3c(C(C)(C)C)cc2c2ccccc12)-c1cccc2cccc-4c12.Cc1cc2c3cc4c(cc3c(C)cc2c2ccccc12)-c1cccc2cccc-4c12.c1cc2c3c(cccc3c1)-c1cc3c(ccc4c5ccccc5ccc34)cc1-2. The van der Waals surface area contributed by atoms with Crippen LogP contribution in [0, 0.1) is 13.8 Å². The van der Waals surface area contributed by atoms with Gasteiger partial charge in [-0.1, -0.05) is 260 Å². The molecule has 0 heteroatoms. The molecule has 94 heavy (non-hydrogen) atoms. The van der Waals surface area contributed by atoms with E-state index in [1.54, 1.807) is 0 Å². The summed E-state index contributed by atoms with van der Waals surface area (Å²) >= 11 is 0. The molecule has 0 spiro atoms. The summed E-state index contributed by atoms with van der Waals surface area (Å²) in [6.07, 6.45) is 0. The highest BCUT2D eigenvalue weighted by Crippen LogP contribution is 2.54. The maximum atomic E-state index is 2.50. The molecule has 3 aliphatic rings. The van der Waals surface area contributed by atoms with Crippen LogP contribution in [0.2, 0.25) is 0 Å². The van der Waals surface area contributed by atoms with E-state index in [1.807, 2.05) is 0 Å². The lowest BCUT2D eigenvalue weighted by atomic mass is 9.77. The van der Waals surface area contributed by atoms with Gasteiger partial charge >= 0.3 is 0 Å². The second kappa shape index (κ2) is 19.8. The average Bonchev–Trinajstić information content (AvgIpc) is 1.43. The molecule has 0 saturated carbocycles. The molecule has 0 aliphatic heterocycles. The maximum Gasteiger partial charge on any atom is -0.00264 e. The summed E-state index contributed by atoms with van der Waals surface area (Å²) in [5.74, 6) is 0. The second-order valence-corrected chi connectivity index (χ2v) is 29.1. The third-order valence-corrected chi connectivity index (χ3v) is 21.6. The van der Waals surface area contributed by atoms with Crippen molar-refractivity contribution in [3.05, 3.63) is 289 Å². The van der Waals surface area contributed by atoms with Crippen molar-refractivity contribution in [1.29, 1.82) is 0 Å². The van der Waals surface area contributed by atoms with Crippen LogP contribution in [-0.2, 0) is 10.8 Å². The summed E-state index contributed by atoms with van der Waals surface area (Å²) in [4.78, 5) is 0. The van der Waals surface area contributed by atoms with Gasteiger partial charge in [0.15, 0.2) is 0 Å². The molecule has 18 aromatic rings. The van der Waals surface area contributed by atoms with E-state index in [-0.39, 0.29) is 10.8 Å². The van der Waals surface area contributed by atoms with Gasteiger partial charge in [0.1, 0.15) is 0 Å². The van der Waals surface area contributed by atoms with Gasteiger partial charge in [-0.15, -0.1) is 0 Å². The first-order chi connectivity index (χ1) is 45.7. The molecule has 0 amide bonds. The number of rotatable bonds is 0. The first-order valence-electron chi connectivity index (χ1n) is 33.5. The van der Waals surface area contributed by atoms with Gasteiger partial charge in [-0.05, 0) is 291 Å². The maximum absolute atomic E-state index is 2.50. The lowest BCUT2D eigenvalue weighted by molar-refractivity contribution is 0.595. The van der Waals surface area contributed by atoms with Crippen molar-refractivity contribution in [1.82, 2.24) is 0 Å². The largest absolute Gasteiger partial charge is 0.0616 e. The molecule has 0 aromatic heterocycles. The van der Waals surface area contributed by atoms with Gasteiger partial charge in [0.05, 0.1) is 0 Å². The normalized spacial score (nSPS) is 12.7. The van der Waals surface area contributed by atoms with E-state index in [9.17, 15) is 0 Å². The lowest BCUT2D eigenvalue weighted by Crippen LogP contribution is -2.13. The van der Waals surface area contributed by atoms with Crippen molar-refractivity contribution in [2.75, 3.05) is 0 Å². The summed E-state index contributed by atoms with van der Waals surface area (Å²) in [6.45, 7) is 18.5. The quantitative estimate of drug-likeness (QED) is 0.133. The summed E-state index contributed by atoms with van der Waals surface area (Å²) < 4.78 is 0. The third kappa shape index (κ3) is 7.93. The molecule has 0 bridgehead atoms. The Kier molecular flexibility index (Phi) is 11.5. The molecule has 0 radical (unpaired) electrons. The zero-order chi connectivity index (χ0) is 63.2. The van der Waals surface area contributed by atoms with Crippen LogP contribution in [0.4, 0.5) is 0 Å². The molecule has 0 heterocycles. The van der Waals surface area contributed by atoms with Gasteiger partial charge in [-0.3, -0.25) is 0 Å². The van der Waals surface area contributed by atoms with Gasteiger partial charge in [0.2, 0.25) is 0 Å². The summed E-state index contributed by atoms with van der Waals surface area (Å²) in [7, 11) is 0. The lowest BCUT2D eigenvalue weighted by Gasteiger charge is -2.27. The minimum absolute atomic E-state index is 0.0297. The van der Waals surface area contributed by atoms with Crippen molar-refractivity contribution in [3.8, 4) is 66.8 Å². The summed E-state index contributed by atoms with van der Waals surface area (Å²) in [6, 6.07) is 100. The Morgan fingerprint density at radius 3 is 0.968 bits per heavy atom. The van der Waals surface area contributed by atoms with Gasteiger partial charge in [-0.25, -0.2) is 0 Å². The molecular weight excluding hydrogens is 1130 g/mol. The average molecular weight is 1200 g/mol. The van der Waals surface area contributed by atoms with Crippen LogP contribution >= 0.6 is 0 Å². The van der Waals surface area contributed by atoms with E-state index in [0.717, 1.165) is 0 Å². The molecule has 18 aromatic carbocycles. The number of fused-ring (bicyclic) bond motifs is 24. The Bertz CT molecular complexity index is 6410. The van der Waals surface area contributed by atoms with Crippen LogP contribution in [0.5, 0.6) is 0 Å². The molecule has 21 rings (SSSR count). The van der Waals surface area contributed by atoms with Gasteiger partial charge in [0.25, 0.3) is 0 Å². The van der Waals surface area contributed by atoms with Crippen LogP contribution in [0.3, 0.4) is 0 Å². The zero-order valence-electron chi connectivity index (χ0n) is 54.4. The van der Waals surface area contributed by atoms with Crippen molar-refractivity contribution < 1.29 is 0 Å². The molecule has 3 aliphatic carbocycles. The fourth-order valence-corrected chi connectivity index (χ4v) is 17.3. The minimum atomic E-state index is 0.0297. The van der Waals surface area contributed by atoms with Crippen LogP contribution in [0.15, 0.2) is 267 Å². The molecular formula is C94H68.